The third kappa shape index (κ3) is 7.47. The maximum atomic E-state index is 12.7. The van der Waals surface area contributed by atoms with Crippen LogP contribution in [0, 0.1) is 11.3 Å². The van der Waals surface area contributed by atoms with Crippen LogP contribution >= 0.6 is 0 Å². The molecule has 29 heavy (non-hydrogen) atoms. The number of esters is 1. The van der Waals surface area contributed by atoms with E-state index < -0.39 is 15.8 Å². The SMILES string of the molecule is CCOC(=O)C(C)CC(Cc1ccc(-c2ccccc2)cc1)[AsH]C(=O)C(C)(C)C. The molecule has 2 aromatic carbocycles. The Hall–Kier alpha value is -1.86. The van der Waals surface area contributed by atoms with Crippen LogP contribution in [0.2, 0.25) is 4.71 Å². The zero-order chi connectivity index (χ0) is 21.4. The van der Waals surface area contributed by atoms with Gasteiger partial charge in [0.15, 0.2) is 0 Å². The third-order valence-electron chi connectivity index (χ3n) is 4.89. The van der Waals surface area contributed by atoms with E-state index in [0.29, 0.717) is 17.6 Å². The quantitative estimate of drug-likeness (QED) is 0.381. The van der Waals surface area contributed by atoms with Crippen LogP contribution in [0.1, 0.15) is 46.6 Å². The van der Waals surface area contributed by atoms with Crippen LogP contribution in [0.3, 0.4) is 0 Å². The molecule has 0 radical (unpaired) electrons. The summed E-state index contributed by atoms with van der Waals surface area (Å²) in [6, 6.07) is 18.9. The maximum absolute atomic E-state index is 12.7. The molecule has 0 aliphatic heterocycles. The number of ether oxygens (including phenoxy) is 1. The van der Waals surface area contributed by atoms with E-state index in [-0.39, 0.29) is 22.0 Å². The van der Waals surface area contributed by atoms with Gasteiger partial charge in [-0.1, -0.05) is 0 Å². The van der Waals surface area contributed by atoms with E-state index >= 15 is 0 Å². The van der Waals surface area contributed by atoms with Gasteiger partial charge in [-0.2, -0.15) is 0 Å². The molecule has 3 nitrogen and oxygen atoms in total. The summed E-state index contributed by atoms with van der Waals surface area (Å²) in [7, 11) is 0. The predicted octanol–water partition coefficient (Wildman–Crippen LogP) is 5.28. The second-order valence-corrected chi connectivity index (χ2v) is 11.8. The van der Waals surface area contributed by atoms with E-state index in [0.717, 1.165) is 6.42 Å². The second kappa shape index (κ2) is 10.8. The molecule has 0 heterocycles. The van der Waals surface area contributed by atoms with Crippen molar-refractivity contribution in [2.45, 2.75) is 52.2 Å². The van der Waals surface area contributed by atoms with Crippen molar-refractivity contribution in [3.05, 3.63) is 60.2 Å². The molecular formula is C25H33AsO3. The number of carbonyl (C=O) groups excluding carboxylic acids is 2. The topological polar surface area (TPSA) is 43.4 Å². The first-order valence-electron chi connectivity index (χ1n) is 10.3. The van der Waals surface area contributed by atoms with Crippen molar-refractivity contribution >= 4 is 26.3 Å². The van der Waals surface area contributed by atoms with E-state index in [1.165, 1.54) is 16.7 Å². The molecule has 2 rings (SSSR count). The van der Waals surface area contributed by atoms with Crippen LogP contribution in [0.15, 0.2) is 54.6 Å². The van der Waals surface area contributed by atoms with Crippen molar-refractivity contribution in [2.24, 2.45) is 11.3 Å². The first-order chi connectivity index (χ1) is 13.7. The van der Waals surface area contributed by atoms with Crippen LogP contribution in [0.5, 0.6) is 0 Å². The van der Waals surface area contributed by atoms with Crippen molar-refractivity contribution in [3.63, 3.8) is 0 Å². The van der Waals surface area contributed by atoms with Gasteiger partial charge in [-0.05, 0) is 0 Å². The summed E-state index contributed by atoms with van der Waals surface area (Å²) in [4.78, 5) is 24.8. The molecule has 3 unspecified atom stereocenters. The normalized spacial score (nSPS) is 14.0. The van der Waals surface area contributed by atoms with Gasteiger partial charge in [-0.15, -0.1) is 0 Å². The molecule has 0 spiro atoms. The second-order valence-electron chi connectivity index (χ2n) is 8.58. The summed E-state index contributed by atoms with van der Waals surface area (Å²) in [6.45, 7) is 10.1. The van der Waals surface area contributed by atoms with Crippen LogP contribution in [-0.4, -0.2) is 32.9 Å². The summed E-state index contributed by atoms with van der Waals surface area (Å²) in [5, 5.41) is 0. The Bertz CT molecular complexity index is 791. The van der Waals surface area contributed by atoms with Gasteiger partial charge in [0.05, 0.1) is 0 Å². The Labute approximate surface area is 181 Å². The first-order valence-corrected chi connectivity index (χ1v) is 12.6. The zero-order valence-corrected chi connectivity index (χ0v) is 20.3. The summed E-state index contributed by atoms with van der Waals surface area (Å²) in [6.07, 6.45) is 1.54. The molecule has 2 aromatic rings. The summed E-state index contributed by atoms with van der Waals surface area (Å²) in [5.41, 5.74) is 3.29. The fourth-order valence-corrected chi connectivity index (χ4v) is 6.54. The molecule has 0 saturated heterocycles. The molecule has 0 bridgehead atoms. The van der Waals surface area contributed by atoms with Crippen molar-refractivity contribution < 1.29 is 14.3 Å². The minimum absolute atomic E-state index is 0.160. The molecule has 0 fully saturated rings. The van der Waals surface area contributed by atoms with Crippen LogP contribution in [-0.2, 0) is 20.7 Å². The van der Waals surface area contributed by atoms with Gasteiger partial charge < -0.3 is 0 Å². The van der Waals surface area contributed by atoms with Gasteiger partial charge in [-0.25, -0.2) is 0 Å². The average Bonchev–Trinajstić information content (AvgIpc) is 2.68. The van der Waals surface area contributed by atoms with Crippen molar-refractivity contribution in [3.8, 4) is 11.1 Å². The Morgan fingerprint density at radius 3 is 2.10 bits per heavy atom. The van der Waals surface area contributed by atoms with Crippen molar-refractivity contribution in [1.82, 2.24) is 0 Å². The Balaban J connectivity index is 2.13. The predicted molar refractivity (Wildman–Crippen MR) is 121 cm³/mol. The van der Waals surface area contributed by atoms with Gasteiger partial charge in [0.1, 0.15) is 0 Å². The standard InChI is InChI=1S/C25H33AsO3/c1-6-29-23(27)18(2)16-22(26-24(28)25(3,4)5)17-19-12-14-21(15-13-19)20-10-8-7-9-11-20/h7-15,18,22,26H,6,16-17H2,1-5H3. The fraction of sp³-hybridized carbons (Fsp3) is 0.440. The average molecular weight is 456 g/mol. The molecule has 0 aliphatic rings. The number of carbonyl (C=O) groups is 2. The van der Waals surface area contributed by atoms with E-state index in [2.05, 4.69) is 36.4 Å². The van der Waals surface area contributed by atoms with Gasteiger partial charge in [0.25, 0.3) is 0 Å². The van der Waals surface area contributed by atoms with Crippen LogP contribution in [0.25, 0.3) is 11.1 Å². The molecule has 0 saturated carbocycles. The third-order valence-corrected chi connectivity index (χ3v) is 8.79. The number of rotatable bonds is 9. The molecule has 156 valence electrons. The number of hydrogen-bond acceptors (Lipinski definition) is 3. The Morgan fingerprint density at radius 1 is 0.966 bits per heavy atom. The van der Waals surface area contributed by atoms with E-state index in [1.54, 1.807) is 0 Å². The van der Waals surface area contributed by atoms with Crippen LogP contribution in [0.4, 0.5) is 0 Å². The van der Waals surface area contributed by atoms with E-state index in [9.17, 15) is 9.59 Å². The molecule has 0 N–H and O–H groups in total. The molecule has 0 aromatic heterocycles. The van der Waals surface area contributed by atoms with Crippen molar-refractivity contribution in [1.29, 1.82) is 0 Å². The molecule has 0 amide bonds. The molecular weight excluding hydrogens is 423 g/mol. The van der Waals surface area contributed by atoms with Gasteiger partial charge in [-0.3, -0.25) is 0 Å². The Morgan fingerprint density at radius 2 is 1.55 bits per heavy atom. The monoisotopic (exact) mass is 456 g/mol. The van der Waals surface area contributed by atoms with Crippen LogP contribution < -0.4 is 0 Å². The Kier molecular flexibility index (Phi) is 8.71. The summed E-state index contributed by atoms with van der Waals surface area (Å²) in [5.74, 6) is -0.341. The summed E-state index contributed by atoms with van der Waals surface area (Å²) < 4.78 is 5.78. The van der Waals surface area contributed by atoms with Gasteiger partial charge in [0, 0.05) is 0 Å². The molecule has 0 aliphatic carbocycles. The molecule has 4 heteroatoms. The van der Waals surface area contributed by atoms with E-state index in [1.807, 2.05) is 52.8 Å². The molecule has 3 atom stereocenters. The minimum atomic E-state index is -0.847. The van der Waals surface area contributed by atoms with E-state index in [4.69, 9.17) is 4.74 Å². The van der Waals surface area contributed by atoms with Gasteiger partial charge in [0.2, 0.25) is 0 Å². The van der Waals surface area contributed by atoms with Gasteiger partial charge >= 0.3 is 182 Å². The number of hydrogen-bond donors (Lipinski definition) is 0. The first kappa shape index (κ1) is 23.4. The summed E-state index contributed by atoms with van der Waals surface area (Å²) >= 11 is -0.847. The van der Waals surface area contributed by atoms with Crippen molar-refractivity contribution in [2.75, 3.05) is 6.61 Å². The zero-order valence-electron chi connectivity index (χ0n) is 18.2. The number of benzene rings is 2. The fourth-order valence-electron chi connectivity index (χ4n) is 3.15.